The maximum absolute atomic E-state index is 6.05. The monoisotopic (exact) mass is 266 g/mol. The molecular weight excluding hydrogens is 252 g/mol. The van der Waals surface area contributed by atoms with Crippen molar-refractivity contribution in [2.24, 2.45) is 5.73 Å². The second-order valence-corrected chi connectivity index (χ2v) is 4.64. The van der Waals surface area contributed by atoms with E-state index in [1.54, 1.807) is 0 Å². The second-order valence-electron chi connectivity index (χ2n) is 3.79. The summed E-state index contributed by atoms with van der Waals surface area (Å²) in [7, 11) is 0. The summed E-state index contributed by atoms with van der Waals surface area (Å²) in [5, 5.41) is 0. The van der Waals surface area contributed by atoms with Crippen LogP contribution >= 0.6 is 15.9 Å². The molecule has 0 fully saturated rings. The Bertz CT molecular complexity index is 424. The third kappa shape index (κ3) is 1.65. The van der Waals surface area contributed by atoms with Gasteiger partial charge < -0.3 is 10.6 Å². The van der Waals surface area contributed by atoms with E-state index in [9.17, 15) is 0 Å². The summed E-state index contributed by atoms with van der Waals surface area (Å²) in [6, 6.07) is 4.19. The van der Waals surface area contributed by atoms with Crippen molar-refractivity contribution in [3.63, 3.8) is 0 Å². The first-order valence-corrected chi connectivity index (χ1v) is 5.94. The number of hydrogen-bond donors (Lipinski definition) is 1. The van der Waals surface area contributed by atoms with E-state index < -0.39 is 0 Å². The van der Waals surface area contributed by atoms with Gasteiger partial charge in [-0.15, -0.1) is 0 Å². The Morgan fingerprint density at radius 3 is 2.87 bits per heavy atom. The highest BCUT2D eigenvalue weighted by Crippen LogP contribution is 2.37. The van der Waals surface area contributed by atoms with Crippen molar-refractivity contribution in [2.45, 2.75) is 13.8 Å². The van der Waals surface area contributed by atoms with Gasteiger partial charge in [0.15, 0.2) is 0 Å². The number of likely N-dealkylation sites (N-methyl/N-ethyl adjacent to an activating group) is 1. The normalized spacial score (nSPS) is 14.9. The molecule has 0 aromatic heterocycles. The van der Waals surface area contributed by atoms with Gasteiger partial charge in [-0.3, -0.25) is 0 Å². The molecule has 80 valence electrons. The highest BCUT2D eigenvalue weighted by Gasteiger charge is 2.20. The standard InChI is InChI=1S/C12H15BrN2/c1-3-15-7-6-10(14)11-8(2)4-5-9(13)12(11)15/h4-6H,3,7,14H2,1-2H3. The van der Waals surface area contributed by atoms with Gasteiger partial charge in [0, 0.05) is 28.8 Å². The Morgan fingerprint density at radius 1 is 1.47 bits per heavy atom. The minimum Gasteiger partial charge on any atom is -0.398 e. The lowest BCUT2D eigenvalue weighted by Gasteiger charge is -2.30. The van der Waals surface area contributed by atoms with Crippen LogP contribution in [0.5, 0.6) is 0 Å². The molecule has 1 aromatic carbocycles. The molecule has 1 heterocycles. The molecular formula is C12H15BrN2. The highest BCUT2D eigenvalue weighted by atomic mass is 79.9. The minimum atomic E-state index is 0.897. The summed E-state index contributed by atoms with van der Waals surface area (Å²) in [6.45, 7) is 6.16. The van der Waals surface area contributed by atoms with Gasteiger partial charge in [-0.1, -0.05) is 6.07 Å². The number of rotatable bonds is 1. The fourth-order valence-electron chi connectivity index (χ4n) is 2.03. The summed E-state index contributed by atoms with van der Waals surface area (Å²) >= 11 is 3.60. The maximum atomic E-state index is 6.05. The zero-order valence-electron chi connectivity index (χ0n) is 9.05. The molecule has 0 atom stereocenters. The molecule has 2 N–H and O–H groups in total. The third-order valence-corrected chi connectivity index (χ3v) is 3.50. The van der Waals surface area contributed by atoms with Crippen molar-refractivity contribution in [2.75, 3.05) is 18.0 Å². The average molecular weight is 267 g/mol. The number of benzene rings is 1. The van der Waals surface area contributed by atoms with Crippen LogP contribution in [0.3, 0.4) is 0 Å². The van der Waals surface area contributed by atoms with E-state index in [0.29, 0.717) is 0 Å². The topological polar surface area (TPSA) is 29.3 Å². The van der Waals surface area contributed by atoms with Crippen LogP contribution in [0.25, 0.3) is 5.70 Å². The first kappa shape index (κ1) is 10.6. The summed E-state index contributed by atoms with van der Waals surface area (Å²) in [5.41, 5.74) is 10.6. The van der Waals surface area contributed by atoms with Crippen LogP contribution in [0.4, 0.5) is 5.69 Å². The molecule has 2 nitrogen and oxygen atoms in total. The Morgan fingerprint density at radius 2 is 2.20 bits per heavy atom. The van der Waals surface area contributed by atoms with Crippen LogP contribution in [0.1, 0.15) is 18.1 Å². The molecule has 0 unspecified atom stereocenters. The van der Waals surface area contributed by atoms with E-state index in [4.69, 9.17) is 5.73 Å². The first-order chi connectivity index (χ1) is 7.15. The second kappa shape index (κ2) is 3.89. The number of halogens is 1. The highest BCUT2D eigenvalue weighted by molar-refractivity contribution is 9.10. The molecule has 0 bridgehead atoms. The summed E-state index contributed by atoms with van der Waals surface area (Å²) in [4.78, 5) is 2.32. The van der Waals surface area contributed by atoms with Crippen LogP contribution in [0, 0.1) is 6.92 Å². The molecule has 1 aliphatic heterocycles. The lowest BCUT2D eigenvalue weighted by Crippen LogP contribution is -2.28. The van der Waals surface area contributed by atoms with Crippen LogP contribution in [-0.2, 0) is 0 Å². The fraction of sp³-hybridized carbons (Fsp3) is 0.333. The quantitative estimate of drug-likeness (QED) is 0.847. The Labute approximate surface area is 98.9 Å². The van der Waals surface area contributed by atoms with Crippen molar-refractivity contribution < 1.29 is 0 Å². The summed E-state index contributed by atoms with van der Waals surface area (Å²) < 4.78 is 1.13. The smallest absolute Gasteiger partial charge is 0.0610 e. The van der Waals surface area contributed by atoms with Gasteiger partial charge in [-0.05, 0) is 47.5 Å². The van der Waals surface area contributed by atoms with E-state index in [2.05, 4.69) is 52.9 Å². The van der Waals surface area contributed by atoms with E-state index in [0.717, 1.165) is 23.3 Å². The zero-order chi connectivity index (χ0) is 11.0. The molecule has 0 radical (unpaired) electrons. The Balaban J connectivity index is 2.68. The van der Waals surface area contributed by atoms with Gasteiger partial charge in [-0.2, -0.15) is 0 Å². The van der Waals surface area contributed by atoms with E-state index >= 15 is 0 Å². The molecule has 2 rings (SSSR count). The number of nitrogens with two attached hydrogens (primary N) is 1. The van der Waals surface area contributed by atoms with E-state index in [-0.39, 0.29) is 0 Å². The number of hydrogen-bond acceptors (Lipinski definition) is 2. The molecule has 15 heavy (non-hydrogen) atoms. The lowest BCUT2D eigenvalue weighted by atomic mass is 9.99. The van der Waals surface area contributed by atoms with Crippen molar-refractivity contribution in [1.82, 2.24) is 0 Å². The number of fused-ring (bicyclic) bond motifs is 1. The molecule has 0 spiro atoms. The Kier molecular flexibility index (Phi) is 2.74. The molecule has 0 amide bonds. The van der Waals surface area contributed by atoms with Crippen LogP contribution < -0.4 is 10.6 Å². The van der Waals surface area contributed by atoms with Gasteiger partial charge in [0.2, 0.25) is 0 Å². The molecule has 0 saturated carbocycles. The van der Waals surface area contributed by atoms with Crippen molar-refractivity contribution >= 4 is 27.3 Å². The summed E-state index contributed by atoms with van der Waals surface area (Å²) in [5.74, 6) is 0. The fourth-order valence-corrected chi connectivity index (χ4v) is 2.61. The van der Waals surface area contributed by atoms with Gasteiger partial charge in [0.25, 0.3) is 0 Å². The lowest BCUT2D eigenvalue weighted by molar-refractivity contribution is 0.889. The van der Waals surface area contributed by atoms with Crippen LogP contribution in [0.15, 0.2) is 22.7 Å². The predicted octanol–water partition coefficient (Wildman–Crippen LogP) is 2.90. The third-order valence-electron chi connectivity index (χ3n) is 2.86. The first-order valence-electron chi connectivity index (χ1n) is 5.15. The molecule has 1 aliphatic rings. The van der Waals surface area contributed by atoms with Crippen molar-refractivity contribution in [3.8, 4) is 0 Å². The van der Waals surface area contributed by atoms with Crippen LogP contribution in [-0.4, -0.2) is 13.1 Å². The van der Waals surface area contributed by atoms with Crippen molar-refractivity contribution in [3.05, 3.63) is 33.8 Å². The van der Waals surface area contributed by atoms with E-state index in [1.165, 1.54) is 16.8 Å². The van der Waals surface area contributed by atoms with Gasteiger partial charge in [-0.25, -0.2) is 0 Å². The molecule has 0 saturated heterocycles. The van der Waals surface area contributed by atoms with Crippen LogP contribution in [0.2, 0.25) is 0 Å². The predicted molar refractivity (Wildman–Crippen MR) is 68.9 cm³/mol. The molecule has 1 aromatic rings. The van der Waals surface area contributed by atoms with Gasteiger partial charge >= 0.3 is 0 Å². The Hall–Kier alpha value is -0.960. The maximum Gasteiger partial charge on any atom is 0.0610 e. The SMILES string of the molecule is CCN1CC=C(N)c2c(C)ccc(Br)c21. The van der Waals surface area contributed by atoms with Gasteiger partial charge in [0.1, 0.15) is 0 Å². The largest absolute Gasteiger partial charge is 0.398 e. The average Bonchev–Trinajstić information content (AvgIpc) is 2.23. The van der Waals surface area contributed by atoms with Crippen molar-refractivity contribution in [1.29, 1.82) is 0 Å². The molecule has 3 heteroatoms. The van der Waals surface area contributed by atoms with Gasteiger partial charge in [0.05, 0.1) is 5.69 Å². The summed E-state index contributed by atoms with van der Waals surface area (Å²) in [6.07, 6.45) is 2.09. The number of aryl methyl sites for hydroxylation is 1. The zero-order valence-corrected chi connectivity index (χ0v) is 10.6. The molecule has 0 aliphatic carbocycles. The number of nitrogens with zero attached hydrogens (tertiary/aromatic N) is 1. The number of anilines is 1. The minimum absolute atomic E-state index is 0.897. The van der Waals surface area contributed by atoms with E-state index in [1.807, 2.05) is 0 Å².